The SMILES string of the molecule is NNc1cc([N+](=O)[O-])cc(F)c1S(=O)(=O)N1CCSCC1. The standard InChI is InChI=1S/C10H13FN4O4S2/c11-8-5-7(15(16)17)6-9(13-12)10(8)21(18,19)14-1-3-20-4-2-14/h5-6,13H,1-4,12H2. The Morgan fingerprint density at radius 2 is 2.00 bits per heavy atom. The molecule has 1 aromatic rings. The first-order valence-corrected chi connectivity index (χ1v) is 8.50. The van der Waals surface area contributed by atoms with Crippen LogP contribution in [0.3, 0.4) is 0 Å². The summed E-state index contributed by atoms with van der Waals surface area (Å²) in [6.07, 6.45) is 0. The van der Waals surface area contributed by atoms with Crippen LogP contribution in [-0.2, 0) is 10.0 Å². The molecule has 0 amide bonds. The van der Waals surface area contributed by atoms with Crippen LogP contribution in [0.25, 0.3) is 0 Å². The second-order valence-corrected chi connectivity index (χ2v) is 7.32. The number of nitro groups is 1. The zero-order valence-corrected chi connectivity index (χ0v) is 12.4. The number of nitrogen functional groups attached to an aromatic ring is 1. The smallest absolute Gasteiger partial charge is 0.274 e. The largest absolute Gasteiger partial charge is 0.323 e. The topological polar surface area (TPSA) is 119 Å². The fourth-order valence-corrected chi connectivity index (χ4v) is 4.73. The van der Waals surface area contributed by atoms with E-state index in [0.717, 1.165) is 10.4 Å². The molecular formula is C10H13FN4O4S2. The lowest BCUT2D eigenvalue weighted by atomic mass is 10.3. The third kappa shape index (κ3) is 3.10. The molecule has 0 spiro atoms. The van der Waals surface area contributed by atoms with E-state index in [9.17, 15) is 22.9 Å². The van der Waals surface area contributed by atoms with Crippen molar-refractivity contribution in [3.8, 4) is 0 Å². The molecule has 0 saturated carbocycles. The Morgan fingerprint density at radius 3 is 2.52 bits per heavy atom. The molecule has 2 rings (SSSR count). The molecule has 1 aromatic carbocycles. The average Bonchev–Trinajstić information content (AvgIpc) is 2.46. The molecule has 0 bridgehead atoms. The van der Waals surface area contributed by atoms with E-state index in [1.165, 1.54) is 0 Å². The van der Waals surface area contributed by atoms with Crippen molar-refractivity contribution in [2.24, 2.45) is 5.84 Å². The van der Waals surface area contributed by atoms with Gasteiger partial charge in [0.05, 0.1) is 16.7 Å². The monoisotopic (exact) mass is 336 g/mol. The Kier molecular flexibility index (Phi) is 4.66. The number of anilines is 1. The van der Waals surface area contributed by atoms with Crippen LogP contribution in [0.4, 0.5) is 15.8 Å². The second-order valence-electron chi connectivity index (χ2n) is 4.22. The number of hydrogen-bond donors (Lipinski definition) is 2. The number of nitro benzene ring substituents is 1. The van der Waals surface area contributed by atoms with Gasteiger partial charge in [0.2, 0.25) is 10.0 Å². The molecule has 0 aromatic heterocycles. The van der Waals surface area contributed by atoms with Crippen LogP contribution >= 0.6 is 11.8 Å². The summed E-state index contributed by atoms with van der Waals surface area (Å²) in [5.41, 5.74) is 1.11. The third-order valence-electron chi connectivity index (χ3n) is 2.96. The summed E-state index contributed by atoms with van der Waals surface area (Å²) in [7, 11) is -4.10. The number of nitrogens with one attached hydrogen (secondary N) is 1. The highest BCUT2D eigenvalue weighted by atomic mass is 32.2. The van der Waals surface area contributed by atoms with Crippen LogP contribution in [0.15, 0.2) is 17.0 Å². The number of non-ortho nitro benzene ring substituents is 1. The summed E-state index contributed by atoms with van der Waals surface area (Å²) < 4.78 is 40.2. The fourth-order valence-electron chi connectivity index (χ4n) is 1.97. The van der Waals surface area contributed by atoms with Gasteiger partial charge in [-0.2, -0.15) is 16.1 Å². The molecule has 0 aliphatic carbocycles. The van der Waals surface area contributed by atoms with Crippen molar-refractivity contribution in [3.05, 3.63) is 28.1 Å². The Morgan fingerprint density at radius 1 is 1.38 bits per heavy atom. The van der Waals surface area contributed by atoms with Gasteiger partial charge in [-0.3, -0.25) is 16.0 Å². The first-order chi connectivity index (χ1) is 9.87. The predicted molar refractivity (Wildman–Crippen MR) is 76.9 cm³/mol. The summed E-state index contributed by atoms with van der Waals surface area (Å²) >= 11 is 1.60. The lowest BCUT2D eigenvalue weighted by Crippen LogP contribution is -2.38. The van der Waals surface area contributed by atoms with Gasteiger partial charge in [0, 0.05) is 30.7 Å². The van der Waals surface area contributed by atoms with Gasteiger partial charge in [-0.05, 0) is 0 Å². The Hall–Kier alpha value is -1.43. The summed E-state index contributed by atoms with van der Waals surface area (Å²) in [5.74, 6) is 5.21. The normalized spacial score (nSPS) is 16.7. The Labute approximate surface area is 124 Å². The van der Waals surface area contributed by atoms with Crippen molar-refractivity contribution >= 4 is 33.2 Å². The average molecular weight is 336 g/mol. The second kappa shape index (κ2) is 6.13. The van der Waals surface area contributed by atoms with Gasteiger partial charge >= 0.3 is 0 Å². The van der Waals surface area contributed by atoms with Crippen LogP contribution in [0, 0.1) is 15.9 Å². The van der Waals surface area contributed by atoms with E-state index in [1.807, 2.05) is 5.43 Å². The molecule has 11 heteroatoms. The van der Waals surface area contributed by atoms with Crippen molar-refractivity contribution in [1.82, 2.24) is 4.31 Å². The maximum absolute atomic E-state index is 14.1. The molecule has 1 saturated heterocycles. The van der Waals surface area contributed by atoms with Gasteiger partial charge < -0.3 is 5.43 Å². The number of hydrogen-bond acceptors (Lipinski definition) is 7. The number of sulfonamides is 1. The van der Waals surface area contributed by atoms with E-state index in [-0.39, 0.29) is 18.8 Å². The molecule has 0 radical (unpaired) electrons. The van der Waals surface area contributed by atoms with Crippen LogP contribution in [0.1, 0.15) is 0 Å². The highest BCUT2D eigenvalue weighted by Crippen LogP contribution is 2.32. The van der Waals surface area contributed by atoms with Crippen molar-refractivity contribution in [3.63, 3.8) is 0 Å². The van der Waals surface area contributed by atoms with Gasteiger partial charge in [-0.1, -0.05) is 0 Å². The van der Waals surface area contributed by atoms with E-state index in [2.05, 4.69) is 0 Å². The van der Waals surface area contributed by atoms with Gasteiger partial charge in [-0.25, -0.2) is 12.8 Å². The van der Waals surface area contributed by atoms with Crippen molar-refractivity contribution in [2.45, 2.75) is 4.90 Å². The number of rotatable bonds is 4. The number of thioether (sulfide) groups is 1. The molecule has 21 heavy (non-hydrogen) atoms. The Bertz CT molecular complexity index is 661. The first kappa shape index (κ1) is 15.9. The predicted octanol–water partition coefficient (Wildman–Crippen LogP) is 0.757. The van der Waals surface area contributed by atoms with Crippen molar-refractivity contribution < 1.29 is 17.7 Å². The van der Waals surface area contributed by atoms with E-state index in [4.69, 9.17) is 5.84 Å². The first-order valence-electron chi connectivity index (χ1n) is 5.90. The zero-order chi connectivity index (χ0) is 15.6. The lowest BCUT2D eigenvalue weighted by Gasteiger charge is -2.26. The van der Waals surface area contributed by atoms with E-state index < -0.39 is 31.3 Å². The molecule has 1 aliphatic rings. The summed E-state index contributed by atoms with van der Waals surface area (Å²) in [6.45, 7) is 0.515. The lowest BCUT2D eigenvalue weighted by molar-refractivity contribution is -0.385. The van der Waals surface area contributed by atoms with Crippen LogP contribution in [-0.4, -0.2) is 42.2 Å². The van der Waals surface area contributed by atoms with Gasteiger partial charge in [-0.15, -0.1) is 0 Å². The fraction of sp³-hybridized carbons (Fsp3) is 0.400. The van der Waals surface area contributed by atoms with Gasteiger partial charge in [0.1, 0.15) is 4.90 Å². The van der Waals surface area contributed by atoms with Gasteiger partial charge in [0.15, 0.2) is 5.82 Å². The molecule has 1 fully saturated rings. The highest BCUT2D eigenvalue weighted by molar-refractivity contribution is 7.99. The molecule has 116 valence electrons. The molecule has 8 nitrogen and oxygen atoms in total. The van der Waals surface area contributed by atoms with E-state index >= 15 is 0 Å². The number of halogens is 1. The maximum Gasteiger partial charge on any atom is 0.274 e. The van der Waals surface area contributed by atoms with E-state index in [1.54, 1.807) is 11.8 Å². The molecule has 0 unspecified atom stereocenters. The molecular weight excluding hydrogens is 323 g/mol. The third-order valence-corrected chi connectivity index (χ3v) is 5.88. The van der Waals surface area contributed by atoms with Crippen LogP contribution in [0.2, 0.25) is 0 Å². The summed E-state index contributed by atoms with van der Waals surface area (Å²) in [5, 5.41) is 10.7. The number of nitrogens with two attached hydrogens (primary N) is 1. The molecule has 1 heterocycles. The number of nitrogens with zero attached hydrogens (tertiary/aromatic N) is 2. The Balaban J connectivity index is 2.54. The minimum Gasteiger partial charge on any atom is -0.323 e. The van der Waals surface area contributed by atoms with Crippen molar-refractivity contribution in [2.75, 3.05) is 30.0 Å². The summed E-state index contributed by atoms with van der Waals surface area (Å²) in [6, 6.07) is 1.47. The molecule has 0 atom stereocenters. The molecule has 3 N–H and O–H groups in total. The number of benzene rings is 1. The van der Waals surface area contributed by atoms with Crippen LogP contribution in [0.5, 0.6) is 0 Å². The maximum atomic E-state index is 14.1. The summed E-state index contributed by atoms with van der Waals surface area (Å²) in [4.78, 5) is 9.21. The number of hydrazine groups is 1. The minimum atomic E-state index is -4.10. The van der Waals surface area contributed by atoms with E-state index in [0.29, 0.717) is 17.6 Å². The molecule has 1 aliphatic heterocycles. The quantitative estimate of drug-likeness (QED) is 0.473. The van der Waals surface area contributed by atoms with Crippen molar-refractivity contribution in [1.29, 1.82) is 0 Å². The highest BCUT2D eigenvalue weighted by Gasteiger charge is 2.33. The zero-order valence-electron chi connectivity index (χ0n) is 10.8. The van der Waals surface area contributed by atoms with Gasteiger partial charge in [0.25, 0.3) is 5.69 Å². The van der Waals surface area contributed by atoms with Crippen LogP contribution < -0.4 is 11.3 Å². The minimum absolute atomic E-state index is 0.257.